The average Bonchev–Trinajstić information content (AvgIpc) is 2.49. The molecule has 5 heteroatoms. The first-order chi connectivity index (χ1) is 6.13. The molecule has 0 aliphatic rings. The van der Waals surface area contributed by atoms with Crippen molar-refractivity contribution >= 4 is 33.2 Å². The summed E-state index contributed by atoms with van der Waals surface area (Å²) in [6.07, 6.45) is 1.82. The summed E-state index contributed by atoms with van der Waals surface area (Å²) >= 11 is 4.75. The number of carbonyl (C=O) groups excluding carboxylic acids is 1. The summed E-state index contributed by atoms with van der Waals surface area (Å²) in [4.78, 5) is 18.1. The Labute approximate surface area is 89.9 Å². The number of halogens is 1. The van der Waals surface area contributed by atoms with Crippen LogP contribution in [0.4, 0.5) is 0 Å². The quantitative estimate of drug-likeness (QED) is 0.779. The lowest BCUT2D eigenvalue weighted by Crippen LogP contribution is -2.26. The first-order valence-electron chi connectivity index (χ1n) is 3.84. The third kappa shape index (κ3) is 3.08. The number of hydrogen-bond donors (Lipinski definition) is 0. The number of carbonyl (C=O) groups is 1. The lowest BCUT2D eigenvalue weighted by molar-refractivity contribution is -0.127. The van der Waals surface area contributed by atoms with Crippen molar-refractivity contribution in [1.82, 2.24) is 9.88 Å². The van der Waals surface area contributed by atoms with Gasteiger partial charge in [0.05, 0.1) is 16.9 Å². The van der Waals surface area contributed by atoms with E-state index < -0.39 is 0 Å². The van der Waals surface area contributed by atoms with E-state index >= 15 is 0 Å². The number of amides is 1. The van der Waals surface area contributed by atoms with E-state index in [-0.39, 0.29) is 5.91 Å². The molecule has 0 saturated carbocycles. The van der Waals surface area contributed by atoms with Crippen LogP contribution in [0.1, 0.15) is 9.88 Å². The lowest BCUT2D eigenvalue weighted by atomic mass is 10.5. The Morgan fingerprint density at radius 3 is 2.92 bits per heavy atom. The minimum atomic E-state index is 0.0889. The topological polar surface area (TPSA) is 33.2 Å². The van der Waals surface area contributed by atoms with E-state index in [0.29, 0.717) is 11.9 Å². The number of rotatable bonds is 3. The second kappa shape index (κ2) is 4.72. The zero-order chi connectivity index (χ0) is 9.84. The minimum Gasteiger partial charge on any atom is -0.340 e. The minimum absolute atomic E-state index is 0.0889. The highest BCUT2D eigenvalue weighted by molar-refractivity contribution is 9.09. The summed E-state index contributed by atoms with van der Waals surface area (Å²) in [6, 6.07) is 0. The van der Waals surface area contributed by atoms with E-state index in [1.165, 1.54) is 0 Å². The van der Waals surface area contributed by atoms with Gasteiger partial charge in [0.25, 0.3) is 0 Å². The van der Waals surface area contributed by atoms with Crippen molar-refractivity contribution < 1.29 is 4.79 Å². The highest BCUT2D eigenvalue weighted by Crippen LogP contribution is 2.13. The standard InChI is InChI=1S/C8H11BrN2OS/c1-6-10-4-7(13-6)5-11(2)8(12)3-9/h4H,3,5H2,1-2H3. The largest absolute Gasteiger partial charge is 0.340 e. The van der Waals surface area contributed by atoms with Crippen LogP contribution in [-0.4, -0.2) is 28.2 Å². The van der Waals surface area contributed by atoms with Gasteiger partial charge in [0.1, 0.15) is 0 Å². The number of nitrogens with zero attached hydrogens (tertiary/aromatic N) is 2. The van der Waals surface area contributed by atoms with Crippen LogP contribution in [0.3, 0.4) is 0 Å². The summed E-state index contributed by atoms with van der Waals surface area (Å²) < 4.78 is 0. The molecule has 1 aromatic heterocycles. The highest BCUT2D eigenvalue weighted by atomic mass is 79.9. The summed E-state index contributed by atoms with van der Waals surface area (Å²) in [6.45, 7) is 2.61. The molecule has 0 bridgehead atoms. The molecule has 1 heterocycles. The lowest BCUT2D eigenvalue weighted by Gasteiger charge is -2.13. The van der Waals surface area contributed by atoms with Crippen molar-refractivity contribution in [2.45, 2.75) is 13.5 Å². The van der Waals surface area contributed by atoms with Crippen LogP contribution in [0, 0.1) is 6.92 Å². The maximum absolute atomic E-state index is 11.2. The highest BCUT2D eigenvalue weighted by Gasteiger charge is 2.08. The number of alkyl halides is 1. The summed E-state index contributed by atoms with van der Waals surface area (Å²) in [5.74, 6) is 0.0889. The van der Waals surface area contributed by atoms with Gasteiger partial charge in [0.2, 0.25) is 5.91 Å². The summed E-state index contributed by atoms with van der Waals surface area (Å²) in [7, 11) is 1.79. The predicted molar refractivity (Wildman–Crippen MR) is 57.1 cm³/mol. The molecule has 0 fully saturated rings. The molecule has 1 amide bonds. The van der Waals surface area contributed by atoms with Crippen LogP contribution in [0.5, 0.6) is 0 Å². The number of hydrogen-bond acceptors (Lipinski definition) is 3. The van der Waals surface area contributed by atoms with Gasteiger partial charge in [-0.2, -0.15) is 0 Å². The maximum Gasteiger partial charge on any atom is 0.233 e. The van der Waals surface area contributed by atoms with Crippen LogP contribution >= 0.6 is 27.3 Å². The van der Waals surface area contributed by atoms with Gasteiger partial charge in [-0.1, -0.05) is 15.9 Å². The SMILES string of the molecule is Cc1ncc(CN(C)C(=O)CBr)s1. The molecule has 1 aromatic rings. The van der Waals surface area contributed by atoms with Crippen molar-refractivity contribution in [2.24, 2.45) is 0 Å². The molecule has 0 radical (unpaired) electrons. The second-order valence-corrected chi connectivity index (χ2v) is 4.61. The van der Waals surface area contributed by atoms with Crippen molar-refractivity contribution in [3.63, 3.8) is 0 Å². The van der Waals surface area contributed by atoms with Crippen LogP contribution in [0.25, 0.3) is 0 Å². The molecule has 72 valence electrons. The van der Waals surface area contributed by atoms with E-state index in [2.05, 4.69) is 20.9 Å². The Kier molecular flexibility index (Phi) is 3.87. The second-order valence-electron chi connectivity index (χ2n) is 2.73. The van der Waals surface area contributed by atoms with Gasteiger partial charge in [-0.3, -0.25) is 4.79 Å². The van der Waals surface area contributed by atoms with E-state index in [4.69, 9.17) is 0 Å². The van der Waals surface area contributed by atoms with Crippen molar-refractivity contribution in [2.75, 3.05) is 12.4 Å². The first-order valence-corrected chi connectivity index (χ1v) is 5.78. The van der Waals surface area contributed by atoms with Gasteiger partial charge < -0.3 is 4.90 Å². The Morgan fingerprint density at radius 2 is 2.46 bits per heavy atom. The number of aromatic nitrogens is 1. The third-order valence-electron chi connectivity index (χ3n) is 1.60. The fraction of sp³-hybridized carbons (Fsp3) is 0.500. The molecule has 0 saturated heterocycles. The Hall–Kier alpha value is -0.420. The zero-order valence-electron chi connectivity index (χ0n) is 7.58. The molecular formula is C8H11BrN2OS. The van der Waals surface area contributed by atoms with Crippen molar-refractivity contribution in [3.8, 4) is 0 Å². The van der Waals surface area contributed by atoms with Crippen molar-refractivity contribution in [3.05, 3.63) is 16.1 Å². The molecule has 13 heavy (non-hydrogen) atoms. The average molecular weight is 263 g/mol. The molecule has 0 aliphatic carbocycles. The van der Waals surface area contributed by atoms with Crippen LogP contribution < -0.4 is 0 Å². The van der Waals surface area contributed by atoms with Crippen LogP contribution in [0.15, 0.2) is 6.20 Å². The molecule has 0 unspecified atom stereocenters. The van der Waals surface area contributed by atoms with Crippen LogP contribution in [0.2, 0.25) is 0 Å². The fourth-order valence-corrected chi connectivity index (χ4v) is 2.18. The molecule has 0 N–H and O–H groups in total. The predicted octanol–water partition coefficient (Wildman–Crippen LogP) is 1.80. The Bertz CT molecular complexity index is 300. The smallest absolute Gasteiger partial charge is 0.233 e. The van der Waals surface area contributed by atoms with Gasteiger partial charge >= 0.3 is 0 Å². The first kappa shape index (κ1) is 10.7. The van der Waals surface area contributed by atoms with E-state index in [1.54, 1.807) is 23.3 Å². The third-order valence-corrected chi connectivity index (χ3v) is 2.98. The maximum atomic E-state index is 11.2. The molecule has 0 aromatic carbocycles. The molecule has 0 atom stereocenters. The molecule has 0 aliphatic heterocycles. The van der Waals surface area contributed by atoms with Gasteiger partial charge in [-0.25, -0.2) is 4.98 Å². The van der Waals surface area contributed by atoms with Gasteiger partial charge in [-0.15, -0.1) is 11.3 Å². The van der Waals surface area contributed by atoms with Crippen LogP contribution in [-0.2, 0) is 11.3 Å². The van der Waals surface area contributed by atoms with E-state index in [0.717, 1.165) is 9.88 Å². The molecule has 1 rings (SSSR count). The van der Waals surface area contributed by atoms with E-state index in [9.17, 15) is 4.79 Å². The van der Waals surface area contributed by atoms with E-state index in [1.807, 2.05) is 13.1 Å². The molecule has 3 nitrogen and oxygen atoms in total. The summed E-state index contributed by atoms with van der Waals surface area (Å²) in [5, 5.41) is 1.41. The molecular weight excluding hydrogens is 252 g/mol. The monoisotopic (exact) mass is 262 g/mol. The zero-order valence-corrected chi connectivity index (χ0v) is 9.98. The summed E-state index contributed by atoms with van der Waals surface area (Å²) in [5.41, 5.74) is 0. The Balaban J connectivity index is 2.54. The van der Waals surface area contributed by atoms with Crippen molar-refractivity contribution in [1.29, 1.82) is 0 Å². The fourth-order valence-electron chi connectivity index (χ4n) is 0.902. The normalized spacial score (nSPS) is 10.1. The van der Waals surface area contributed by atoms with Gasteiger partial charge in [-0.05, 0) is 6.92 Å². The molecule has 0 spiro atoms. The van der Waals surface area contributed by atoms with Gasteiger partial charge in [0, 0.05) is 18.1 Å². The number of thiazole rings is 1. The number of aryl methyl sites for hydroxylation is 1. The van der Waals surface area contributed by atoms with Gasteiger partial charge in [0.15, 0.2) is 0 Å². The Morgan fingerprint density at radius 1 is 1.77 bits per heavy atom.